The number of piperidine rings is 1. The summed E-state index contributed by atoms with van der Waals surface area (Å²) in [5, 5.41) is 13.3. The quantitative estimate of drug-likeness (QED) is 0.805. The van der Waals surface area contributed by atoms with Crippen molar-refractivity contribution >= 4 is 24.0 Å². The van der Waals surface area contributed by atoms with Crippen molar-refractivity contribution in [3.8, 4) is 11.4 Å². The molecule has 1 aliphatic rings. The van der Waals surface area contributed by atoms with Crippen molar-refractivity contribution in [2.24, 2.45) is 0 Å². The zero-order chi connectivity index (χ0) is 15.6. The smallest absolute Gasteiger partial charge is 0.244 e. The number of hydrogen-bond acceptors (Lipinski definition) is 4. The van der Waals surface area contributed by atoms with Gasteiger partial charge in [0.15, 0.2) is 5.82 Å². The maximum Gasteiger partial charge on any atom is 0.244 e. The van der Waals surface area contributed by atoms with Gasteiger partial charge in [-0.3, -0.25) is 9.89 Å². The number of halogens is 1. The summed E-state index contributed by atoms with van der Waals surface area (Å²) in [4.78, 5) is 16.8. The summed E-state index contributed by atoms with van der Waals surface area (Å²) < 4.78 is 0. The molecule has 6 nitrogen and oxygen atoms in total. The van der Waals surface area contributed by atoms with Gasteiger partial charge in [-0.2, -0.15) is 5.10 Å². The van der Waals surface area contributed by atoms with Crippen LogP contribution in [-0.4, -0.2) is 33.2 Å². The van der Waals surface area contributed by atoms with Crippen LogP contribution in [0.25, 0.3) is 11.4 Å². The first-order valence-electron chi connectivity index (χ1n) is 7.63. The second-order valence-electron chi connectivity index (χ2n) is 6.00. The van der Waals surface area contributed by atoms with E-state index >= 15 is 0 Å². The molecule has 1 fully saturated rings. The van der Waals surface area contributed by atoms with Crippen LogP contribution in [-0.2, 0) is 4.79 Å². The number of nitrogens with one attached hydrogen (secondary N) is 3. The summed E-state index contributed by atoms with van der Waals surface area (Å²) in [6, 6.07) is 7.60. The van der Waals surface area contributed by atoms with E-state index in [1.54, 1.807) is 0 Å². The van der Waals surface area contributed by atoms with E-state index in [1.807, 2.05) is 38.1 Å². The number of aryl methyl sites for hydroxylation is 1. The molecule has 3 N–H and O–H groups in total. The molecule has 0 saturated carbocycles. The van der Waals surface area contributed by atoms with Gasteiger partial charge >= 0.3 is 0 Å². The highest BCUT2D eigenvalue weighted by atomic mass is 35.5. The molecule has 0 spiro atoms. The largest absolute Gasteiger partial charge is 0.324 e. The topological polar surface area (TPSA) is 82.7 Å². The maximum absolute atomic E-state index is 12.5. The fourth-order valence-electron chi connectivity index (χ4n) is 2.73. The van der Waals surface area contributed by atoms with Crippen molar-refractivity contribution < 1.29 is 4.79 Å². The van der Waals surface area contributed by atoms with Crippen LogP contribution >= 0.6 is 12.4 Å². The molecule has 0 aliphatic carbocycles. The van der Waals surface area contributed by atoms with Crippen molar-refractivity contribution in [2.75, 3.05) is 11.9 Å². The summed E-state index contributed by atoms with van der Waals surface area (Å²) >= 11 is 0. The lowest BCUT2D eigenvalue weighted by atomic mass is 9.90. The Labute approximate surface area is 141 Å². The number of carbonyl (C=O) groups excluding carboxylic acids is 1. The molecule has 1 atom stereocenters. The number of carbonyl (C=O) groups is 1. The Morgan fingerprint density at radius 2 is 2.17 bits per heavy atom. The van der Waals surface area contributed by atoms with Crippen LogP contribution in [0.15, 0.2) is 24.3 Å². The third-order valence-electron chi connectivity index (χ3n) is 4.10. The second-order valence-corrected chi connectivity index (χ2v) is 6.00. The standard InChI is InChI=1S/C16H21N5O.ClH/c1-11-18-14(21-20-11)12-6-5-7-13(10-12)19-15(22)16(2)8-3-4-9-17-16;/h5-7,10,17H,3-4,8-9H2,1-2H3,(H,19,22)(H,18,20,21);1H. The van der Waals surface area contributed by atoms with Crippen LogP contribution in [0.1, 0.15) is 32.0 Å². The molecule has 0 bridgehead atoms. The molecule has 23 heavy (non-hydrogen) atoms. The van der Waals surface area contributed by atoms with Crippen LogP contribution in [0.2, 0.25) is 0 Å². The van der Waals surface area contributed by atoms with Crippen LogP contribution in [0.3, 0.4) is 0 Å². The minimum atomic E-state index is -0.491. The fourth-order valence-corrected chi connectivity index (χ4v) is 2.73. The Kier molecular flexibility index (Phi) is 5.38. The van der Waals surface area contributed by atoms with E-state index in [0.717, 1.165) is 42.9 Å². The molecule has 7 heteroatoms. The molecule has 1 unspecified atom stereocenters. The van der Waals surface area contributed by atoms with Gasteiger partial charge in [-0.15, -0.1) is 12.4 Å². The average molecular weight is 336 g/mol. The van der Waals surface area contributed by atoms with Gasteiger partial charge in [-0.25, -0.2) is 4.98 Å². The molecule has 124 valence electrons. The summed E-state index contributed by atoms with van der Waals surface area (Å²) in [6.07, 6.45) is 3.06. The van der Waals surface area contributed by atoms with Crippen molar-refractivity contribution in [3.05, 3.63) is 30.1 Å². The van der Waals surface area contributed by atoms with Crippen LogP contribution in [0, 0.1) is 6.92 Å². The molecule has 3 rings (SSSR count). The fraction of sp³-hybridized carbons (Fsp3) is 0.438. The third kappa shape index (κ3) is 3.89. The molecule has 0 radical (unpaired) electrons. The Hall–Kier alpha value is -1.92. The number of aromatic nitrogens is 3. The van der Waals surface area contributed by atoms with E-state index in [2.05, 4.69) is 25.8 Å². The van der Waals surface area contributed by atoms with Gasteiger partial charge < -0.3 is 10.6 Å². The first kappa shape index (κ1) is 17.4. The van der Waals surface area contributed by atoms with Gasteiger partial charge in [0.1, 0.15) is 5.82 Å². The lowest BCUT2D eigenvalue weighted by Gasteiger charge is -2.33. The Morgan fingerprint density at radius 3 is 2.83 bits per heavy atom. The van der Waals surface area contributed by atoms with E-state index in [1.165, 1.54) is 0 Å². The van der Waals surface area contributed by atoms with Gasteiger partial charge in [0.05, 0.1) is 5.54 Å². The first-order valence-corrected chi connectivity index (χ1v) is 7.63. The second kappa shape index (κ2) is 7.10. The lowest BCUT2D eigenvalue weighted by Crippen LogP contribution is -2.54. The van der Waals surface area contributed by atoms with Gasteiger partial charge in [0.25, 0.3) is 0 Å². The molecular weight excluding hydrogens is 314 g/mol. The number of rotatable bonds is 3. The van der Waals surface area contributed by atoms with Gasteiger partial charge in [0, 0.05) is 11.3 Å². The van der Waals surface area contributed by atoms with Crippen molar-refractivity contribution in [1.82, 2.24) is 20.5 Å². The van der Waals surface area contributed by atoms with Crippen molar-refractivity contribution in [1.29, 1.82) is 0 Å². The minimum Gasteiger partial charge on any atom is -0.324 e. The number of benzene rings is 1. The van der Waals surface area contributed by atoms with E-state index in [0.29, 0.717) is 5.82 Å². The highest BCUT2D eigenvalue weighted by Gasteiger charge is 2.34. The maximum atomic E-state index is 12.5. The lowest BCUT2D eigenvalue weighted by molar-refractivity contribution is -0.122. The van der Waals surface area contributed by atoms with E-state index in [4.69, 9.17) is 0 Å². The SMILES string of the molecule is Cc1nc(-c2cccc(NC(=O)C3(C)CCCCN3)c2)n[nH]1.Cl. The van der Waals surface area contributed by atoms with E-state index in [-0.39, 0.29) is 18.3 Å². The predicted molar refractivity (Wildman–Crippen MR) is 92.7 cm³/mol. The van der Waals surface area contributed by atoms with Crippen molar-refractivity contribution in [3.63, 3.8) is 0 Å². The molecular formula is C16H22ClN5O. The van der Waals surface area contributed by atoms with Crippen molar-refractivity contribution in [2.45, 2.75) is 38.6 Å². The highest BCUT2D eigenvalue weighted by Crippen LogP contribution is 2.23. The Balaban J connectivity index is 0.00000192. The summed E-state index contributed by atoms with van der Waals surface area (Å²) in [5.74, 6) is 1.41. The monoisotopic (exact) mass is 335 g/mol. The highest BCUT2D eigenvalue weighted by molar-refractivity contribution is 5.98. The number of H-pyrrole nitrogens is 1. The number of nitrogens with zero attached hydrogens (tertiary/aromatic N) is 2. The van der Waals surface area contributed by atoms with Gasteiger partial charge in [0.2, 0.25) is 5.91 Å². The van der Waals surface area contributed by atoms with E-state index in [9.17, 15) is 4.79 Å². The molecule has 1 amide bonds. The van der Waals surface area contributed by atoms with Crippen LogP contribution < -0.4 is 10.6 Å². The third-order valence-corrected chi connectivity index (χ3v) is 4.10. The number of hydrogen-bond donors (Lipinski definition) is 3. The van der Waals surface area contributed by atoms with Gasteiger partial charge in [-0.05, 0) is 51.8 Å². The average Bonchev–Trinajstić information content (AvgIpc) is 2.95. The van der Waals surface area contributed by atoms with Crippen LogP contribution in [0.4, 0.5) is 5.69 Å². The first-order chi connectivity index (χ1) is 10.6. The summed E-state index contributed by atoms with van der Waals surface area (Å²) in [6.45, 7) is 4.71. The van der Waals surface area contributed by atoms with Gasteiger partial charge in [-0.1, -0.05) is 12.1 Å². The molecule has 1 aromatic heterocycles. The zero-order valence-electron chi connectivity index (χ0n) is 13.3. The summed E-state index contributed by atoms with van der Waals surface area (Å²) in [5.41, 5.74) is 1.15. The van der Waals surface area contributed by atoms with Crippen LogP contribution in [0.5, 0.6) is 0 Å². The molecule has 2 aromatic rings. The normalized spacial score (nSPS) is 20.6. The molecule has 2 heterocycles. The zero-order valence-corrected chi connectivity index (χ0v) is 14.2. The minimum absolute atomic E-state index is 0. The van der Waals surface area contributed by atoms with E-state index < -0.39 is 5.54 Å². The number of anilines is 1. The Morgan fingerprint density at radius 1 is 1.35 bits per heavy atom. The summed E-state index contributed by atoms with van der Waals surface area (Å²) in [7, 11) is 0. The molecule has 1 saturated heterocycles. The number of amides is 1. The number of aromatic amines is 1. The predicted octanol–water partition coefficient (Wildman–Crippen LogP) is 2.67. The molecule has 1 aliphatic heterocycles. The Bertz CT molecular complexity index is 679. The molecule has 1 aromatic carbocycles.